The first-order chi connectivity index (χ1) is 6.27. The zero-order valence-electron chi connectivity index (χ0n) is 6.68. The van der Waals surface area contributed by atoms with Crippen molar-refractivity contribution in [2.24, 2.45) is 0 Å². The van der Waals surface area contributed by atoms with Crippen LogP contribution in [0.5, 0.6) is 0 Å². The molecule has 0 saturated carbocycles. The highest BCUT2D eigenvalue weighted by Crippen LogP contribution is 2.21. The largest absolute Gasteiger partial charge is 0.399 e. The van der Waals surface area contributed by atoms with Gasteiger partial charge in [-0.1, -0.05) is 11.6 Å². The predicted octanol–water partition coefficient (Wildman–Crippen LogP) is 1.50. The van der Waals surface area contributed by atoms with Gasteiger partial charge < -0.3 is 5.73 Å². The molecule has 0 spiro atoms. The van der Waals surface area contributed by atoms with E-state index in [4.69, 9.17) is 17.3 Å². The fourth-order valence-electron chi connectivity index (χ4n) is 1.02. The molecule has 0 fully saturated rings. The Morgan fingerprint density at radius 1 is 1.23 bits per heavy atom. The van der Waals surface area contributed by atoms with Crippen molar-refractivity contribution >= 4 is 17.3 Å². The SMILES string of the molecule is Nc1ccc(Cl)c(-n2nccn2)c1. The molecule has 0 unspecified atom stereocenters. The molecule has 0 radical (unpaired) electrons. The zero-order valence-corrected chi connectivity index (χ0v) is 7.44. The summed E-state index contributed by atoms with van der Waals surface area (Å²) < 4.78 is 0. The van der Waals surface area contributed by atoms with E-state index in [0.717, 1.165) is 0 Å². The first kappa shape index (κ1) is 8.07. The average molecular weight is 195 g/mol. The number of nitrogen functional groups attached to an aromatic ring is 1. The van der Waals surface area contributed by atoms with Gasteiger partial charge in [0.1, 0.15) is 5.69 Å². The first-order valence-electron chi connectivity index (χ1n) is 3.69. The average Bonchev–Trinajstić information content (AvgIpc) is 2.61. The number of nitrogens with two attached hydrogens (primary N) is 1. The molecule has 0 aliphatic rings. The molecule has 5 heteroatoms. The van der Waals surface area contributed by atoms with E-state index in [1.165, 1.54) is 4.80 Å². The lowest BCUT2D eigenvalue weighted by Crippen LogP contribution is -2.00. The Labute approximate surface area is 79.9 Å². The highest BCUT2D eigenvalue weighted by Gasteiger charge is 2.03. The van der Waals surface area contributed by atoms with Crippen LogP contribution in [-0.2, 0) is 0 Å². The lowest BCUT2D eigenvalue weighted by molar-refractivity contribution is 0.752. The van der Waals surface area contributed by atoms with Crippen LogP contribution in [-0.4, -0.2) is 15.0 Å². The highest BCUT2D eigenvalue weighted by molar-refractivity contribution is 6.32. The Bertz CT molecular complexity index is 410. The van der Waals surface area contributed by atoms with Crippen LogP contribution in [0.15, 0.2) is 30.6 Å². The minimum Gasteiger partial charge on any atom is -0.399 e. The van der Waals surface area contributed by atoms with Crippen molar-refractivity contribution in [2.45, 2.75) is 0 Å². The van der Waals surface area contributed by atoms with Gasteiger partial charge in [-0.15, -0.1) is 0 Å². The smallest absolute Gasteiger partial charge is 0.106 e. The van der Waals surface area contributed by atoms with Crippen LogP contribution < -0.4 is 5.73 Å². The van der Waals surface area contributed by atoms with E-state index < -0.39 is 0 Å². The molecule has 1 aromatic carbocycles. The van der Waals surface area contributed by atoms with Crippen LogP contribution in [0.3, 0.4) is 0 Å². The second-order valence-corrected chi connectivity index (χ2v) is 2.94. The van der Waals surface area contributed by atoms with E-state index in [1.807, 2.05) is 0 Å². The van der Waals surface area contributed by atoms with Gasteiger partial charge in [0.05, 0.1) is 17.4 Å². The molecule has 0 amide bonds. The Balaban J connectivity index is 2.57. The van der Waals surface area contributed by atoms with E-state index in [2.05, 4.69) is 10.2 Å². The molecule has 66 valence electrons. The van der Waals surface area contributed by atoms with E-state index >= 15 is 0 Å². The van der Waals surface area contributed by atoms with Gasteiger partial charge in [-0.3, -0.25) is 0 Å². The third-order valence-corrected chi connectivity index (χ3v) is 1.92. The van der Waals surface area contributed by atoms with E-state index in [1.54, 1.807) is 30.6 Å². The summed E-state index contributed by atoms with van der Waals surface area (Å²) in [4.78, 5) is 1.43. The molecule has 0 aliphatic carbocycles. The summed E-state index contributed by atoms with van der Waals surface area (Å²) >= 11 is 5.93. The van der Waals surface area contributed by atoms with Gasteiger partial charge >= 0.3 is 0 Å². The number of anilines is 1. The maximum atomic E-state index is 5.93. The number of aromatic nitrogens is 3. The van der Waals surface area contributed by atoms with Crippen LogP contribution in [0.4, 0.5) is 5.69 Å². The molecular weight excluding hydrogens is 188 g/mol. The number of hydrogen-bond donors (Lipinski definition) is 1. The van der Waals surface area contributed by atoms with Crippen LogP contribution in [0.1, 0.15) is 0 Å². The van der Waals surface area contributed by atoms with Crippen molar-refractivity contribution in [3.8, 4) is 5.69 Å². The molecule has 0 saturated heterocycles. The molecule has 2 rings (SSSR count). The fraction of sp³-hybridized carbons (Fsp3) is 0. The lowest BCUT2D eigenvalue weighted by Gasteiger charge is -2.02. The van der Waals surface area contributed by atoms with Crippen molar-refractivity contribution < 1.29 is 0 Å². The standard InChI is InChI=1S/C8H7ClN4/c9-7-2-1-6(10)5-8(7)13-11-3-4-12-13/h1-5H,10H2. The number of benzene rings is 1. The normalized spacial score (nSPS) is 10.2. The number of nitrogens with zero attached hydrogens (tertiary/aromatic N) is 3. The second-order valence-electron chi connectivity index (χ2n) is 2.53. The summed E-state index contributed by atoms with van der Waals surface area (Å²) in [7, 11) is 0. The second kappa shape index (κ2) is 3.06. The molecule has 0 aliphatic heterocycles. The van der Waals surface area contributed by atoms with E-state index in [9.17, 15) is 0 Å². The van der Waals surface area contributed by atoms with Crippen LogP contribution >= 0.6 is 11.6 Å². The van der Waals surface area contributed by atoms with Crippen molar-refractivity contribution in [1.29, 1.82) is 0 Å². The summed E-state index contributed by atoms with van der Waals surface area (Å²) in [6, 6.07) is 5.17. The van der Waals surface area contributed by atoms with Crippen molar-refractivity contribution in [3.05, 3.63) is 35.6 Å². The van der Waals surface area contributed by atoms with Gasteiger partial charge in [0, 0.05) is 5.69 Å². The Hall–Kier alpha value is -1.55. The molecule has 1 aromatic heterocycles. The van der Waals surface area contributed by atoms with Gasteiger partial charge in [-0.05, 0) is 18.2 Å². The summed E-state index contributed by atoms with van der Waals surface area (Å²) in [6.07, 6.45) is 3.17. The molecular formula is C8H7ClN4. The van der Waals surface area contributed by atoms with Gasteiger partial charge in [-0.2, -0.15) is 15.0 Å². The van der Waals surface area contributed by atoms with E-state index in [-0.39, 0.29) is 0 Å². The van der Waals surface area contributed by atoms with Crippen molar-refractivity contribution in [1.82, 2.24) is 15.0 Å². The van der Waals surface area contributed by atoms with Crippen LogP contribution in [0.2, 0.25) is 5.02 Å². The maximum Gasteiger partial charge on any atom is 0.106 e. The Morgan fingerprint density at radius 2 is 1.92 bits per heavy atom. The summed E-state index contributed by atoms with van der Waals surface area (Å²) in [6.45, 7) is 0. The first-order valence-corrected chi connectivity index (χ1v) is 4.07. The Kier molecular flexibility index (Phi) is 1.90. The third-order valence-electron chi connectivity index (χ3n) is 1.60. The third kappa shape index (κ3) is 1.48. The number of rotatable bonds is 1. The van der Waals surface area contributed by atoms with Gasteiger partial charge in [0.15, 0.2) is 0 Å². The van der Waals surface area contributed by atoms with Crippen LogP contribution in [0, 0.1) is 0 Å². The van der Waals surface area contributed by atoms with Crippen molar-refractivity contribution in [3.63, 3.8) is 0 Å². The molecule has 0 atom stereocenters. The molecule has 1 heterocycles. The number of hydrogen-bond acceptors (Lipinski definition) is 3. The molecule has 4 nitrogen and oxygen atoms in total. The minimum atomic E-state index is 0.574. The van der Waals surface area contributed by atoms with Crippen molar-refractivity contribution in [2.75, 3.05) is 5.73 Å². The number of halogens is 1. The minimum absolute atomic E-state index is 0.574. The molecule has 2 aromatic rings. The Morgan fingerprint density at radius 3 is 2.62 bits per heavy atom. The van der Waals surface area contributed by atoms with E-state index in [0.29, 0.717) is 16.4 Å². The lowest BCUT2D eigenvalue weighted by atomic mass is 10.3. The summed E-state index contributed by atoms with van der Waals surface area (Å²) in [5, 5.41) is 8.48. The quantitative estimate of drug-likeness (QED) is 0.700. The van der Waals surface area contributed by atoms with Gasteiger partial charge in [0.2, 0.25) is 0 Å². The monoisotopic (exact) mass is 194 g/mol. The maximum absolute atomic E-state index is 5.93. The topological polar surface area (TPSA) is 56.7 Å². The fourth-order valence-corrected chi connectivity index (χ4v) is 1.22. The van der Waals surface area contributed by atoms with Crippen LogP contribution in [0.25, 0.3) is 5.69 Å². The zero-order chi connectivity index (χ0) is 9.26. The molecule has 2 N–H and O–H groups in total. The highest BCUT2D eigenvalue weighted by atomic mass is 35.5. The molecule has 13 heavy (non-hydrogen) atoms. The summed E-state index contributed by atoms with van der Waals surface area (Å²) in [5.41, 5.74) is 6.93. The predicted molar refractivity (Wildman–Crippen MR) is 50.8 cm³/mol. The van der Waals surface area contributed by atoms with Gasteiger partial charge in [0.25, 0.3) is 0 Å². The molecule has 0 bridgehead atoms. The summed E-state index contributed by atoms with van der Waals surface area (Å²) in [5.74, 6) is 0. The van der Waals surface area contributed by atoms with Gasteiger partial charge in [-0.25, -0.2) is 0 Å².